The van der Waals surface area contributed by atoms with E-state index in [1.165, 1.54) is 0 Å². The summed E-state index contributed by atoms with van der Waals surface area (Å²) in [6, 6.07) is 13.9. The topological polar surface area (TPSA) is 70.7 Å². The van der Waals surface area contributed by atoms with E-state index >= 15 is 0 Å². The Kier molecular flexibility index (Phi) is 3.67. The zero-order chi connectivity index (χ0) is 16.4. The molecule has 5 nitrogen and oxygen atoms in total. The number of fused-ring (bicyclic) bond motifs is 1. The molecule has 0 radical (unpaired) electrons. The second kappa shape index (κ2) is 6.12. The van der Waals surface area contributed by atoms with Crippen LogP contribution in [0.15, 0.2) is 48.7 Å². The van der Waals surface area contributed by atoms with E-state index in [1.54, 1.807) is 6.20 Å². The van der Waals surface area contributed by atoms with Crippen molar-refractivity contribution < 1.29 is 4.79 Å². The number of nitrogens with zero attached hydrogens (tertiary/aromatic N) is 2. The summed E-state index contributed by atoms with van der Waals surface area (Å²) in [7, 11) is 0. The largest absolute Gasteiger partial charge is 0.350 e. The summed E-state index contributed by atoms with van der Waals surface area (Å²) >= 11 is 0. The maximum atomic E-state index is 11.8. The summed E-state index contributed by atoms with van der Waals surface area (Å²) in [5.74, 6) is 0.589. The first-order valence-electron chi connectivity index (χ1n) is 7.86. The van der Waals surface area contributed by atoms with E-state index in [-0.39, 0.29) is 5.91 Å². The van der Waals surface area contributed by atoms with E-state index < -0.39 is 0 Å². The molecule has 1 amide bonds. The highest BCUT2D eigenvalue weighted by atomic mass is 16.1. The number of amides is 1. The molecule has 4 rings (SSSR count). The molecule has 24 heavy (non-hydrogen) atoms. The quantitative estimate of drug-likeness (QED) is 0.780. The highest BCUT2D eigenvalue weighted by Gasteiger charge is 2.21. The van der Waals surface area contributed by atoms with Crippen molar-refractivity contribution in [2.45, 2.75) is 6.42 Å². The van der Waals surface area contributed by atoms with Gasteiger partial charge in [-0.15, -0.1) is 0 Å². The molecule has 5 heteroatoms. The Labute approximate surface area is 139 Å². The zero-order valence-corrected chi connectivity index (χ0v) is 13.0. The van der Waals surface area contributed by atoms with Gasteiger partial charge in [0, 0.05) is 30.4 Å². The van der Waals surface area contributed by atoms with Crippen LogP contribution in [0.5, 0.6) is 0 Å². The fraction of sp³-hybridized carbons (Fsp3) is 0.105. The van der Waals surface area contributed by atoms with Crippen molar-refractivity contribution >= 4 is 18.1 Å². The second-order valence-electron chi connectivity index (χ2n) is 5.63. The van der Waals surface area contributed by atoms with Crippen molar-refractivity contribution in [3.8, 4) is 11.4 Å². The average Bonchev–Trinajstić information content (AvgIpc) is 3.07. The average molecular weight is 316 g/mol. The Morgan fingerprint density at radius 2 is 1.96 bits per heavy atom. The summed E-state index contributed by atoms with van der Waals surface area (Å²) in [5, 5.41) is 2.81. The molecule has 0 fully saturated rings. The molecule has 0 saturated heterocycles. The van der Waals surface area contributed by atoms with Gasteiger partial charge in [0.1, 0.15) is 11.5 Å². The molecule has 118 valence electrons. The molecule has 1 aromatic carbocycles. The Hall–Kier alpha value is -3.21. The summed E-state index contributed by atoms with van der Waals surface area (Å²) < 4.78 is 0. The SMILES string of the molecule is O=C1NCCc2[nH]c(-c3ccnc(/C=C/c4ccccc4)c3)nc21. The molecule has 2 N–H and O–H groups in total. The van der Waals surface area contributed by atoms with E-state index in [0.29, 0.717) is 18.1 Å². The first kappa shape index (κ1) is 14.4. The molecule has 0 bridgehead atoms. The minimum Gasteiger partial charge on any atom is -0.350 e. The molecular weight excluding hydrogens is 300 g/mol. The van der Waals surface area contributed by atoms with E-state index in [4.69, 9.17) is 0 Å². The number of pyridine rings is 1. The summed E-state index contributed by atoms with van der Waals surface area (Å²) in [4.78, 5) is 23.9. The molecule has 1 aliphatic rings. The van der Waals surface area contributed by atoms with Gasteiger partial charge in [-0.25, -0.2) is 4.98 Å². The van der Waals surface area contributed by atoms with Crippen LogP contribution in [-0.2, 0) is 6.42 Å². The maximum Gasteiger partial charge on any atom is 0.271 e. The van der Waals surface area contributed by atoms with Crippen LogP contribution in [0.25, 0.3) is 23.5 Å². The first-order chi connectivity index (χ1) is 11.8. The van der Waals surface area contributed by atoms with Crippen molar-refractivity contribution in [3.63, 3.8) is 0 Å². The third-order valence-corrected chi connectivity index (χ3v) is 3.96. The molecule has 0 spiro atoms. The van der Waals surface area contributed by atoms with Crippen LogP contribution in [0.4, 0.5) is 0 Å². The lowest BCUT2D eigenvalue weighted by Crippen LogP contribution is -2.31. The number of carbonyl (C=O) groups excluding carboxylic acids is 1. The van der Waals surface area contributed by atoms with Gasteiger partial charge in [0.25, 0.3) is 5.91 Å². The van der Waals surface area contributed by atoms with Gasteiger partial charge in [0.15, 0.2) is 0 Å². The molecular formula is C19H16N4O. The standard InChI is InChI=1S/C19H16N4O/c24-19-17-16(9-11-21-19)22-18(23-17)14-8-10-20-15(12-14)7-6-13-4-2-1-3-5-13/h1-8,10,12H,9,11H2,(H,21,24)(H,22,23)/b7-6+. The van der Waals surface area contributed by atoms with Crippen LogP contribution in [0.2, 0.25) is 0 Å². The number of H-pyrrole nitrogens is 1. The minimum atomic E-state index is -0.114. The number of imidazole rings is 1. The van der Waals surface area contributed by atoms with Gasteiger partial charge >= 0.3 is 0 Å². The molecule has 1 aliphatic heterocycles. The summed E-state index contributed by atoms with van der Waals surface area (Å²) in [6.07, 6.45) is 6.52. The van der Waals surface area contributed by atoms with Crippen LogP contribution >= 0.6 is 0 Å². The van der Waals surface area contributed by atoms with Crippen LogP contribution in [0, 0.1) is 0 Å². The molecule has 0 unspecified atom stereocenters. The molecule has 0 aliphatic carbocycles. The maximum absolute atomic E-state index is 11.8. The fourth-order valence-electron chi connectivity index (χ4n) is 2.73. The smallest absolute Gasteiger partial charge is 0.271 e. The lowest BCUT2D eigenvalue weighted by atomic mass is 10.1. The Morgan fingerprint density at radius 1 is 1.08 bits per heavy atom. The normalized spacial score (nSPS) is 13.8. The second-order valence-corrected chi connectivity index (χ2v) is 5.63. The summed E-state index contributed by atoms with van der Waals surface area (Å²) in [6.45, 7) is 0.648. The zero-order valence-electron chi connectivity index (χ0n) is 13.0. The minimum absolute atomic E-state index is 0.114. The number of benzene rings is 1. The van der Waals surface area contributed by atoms with Crippen LogP contribution in [-0.4, -0.2) is 27.4 Å². The third kappa shape index (κ3) is 2.84. The Balaban J connectivity index is 1.63. The van der Waals surface area contributed by atoms with Gasteiger partial charge in [0.2, 0.25) is 0 Å². The van der Waals surface area contributed by atoms with Crippen molar-refractivity contribution in [2.75, 3.05) is 6.54 Å². The van der Waals surface area contributed by atoms with Crippen LogP contribution in [0.3, 0.4) is 0 Å². The van der Waals surface area contributed by atoms with Gasteiger partial charge in [-0.2, -0.15) is 0 Å². The number of hydrogen-bond donors (Lipinski definition) is 2. The number of hydrogen-bond acceptors (Lipinski definition) is 3. The highest BCUT2D eigenvalue weighted by molar-refractivity contribution is 5.95. The van der Waals surface area contributed by atoms with Crippen LogP contribution in [0.1, 0.15) is 27.4 Å². The van der Waals surface area contributed by atoms with Crippen molar-refractivity contribution in [1.82, 2.24) is 20.3 Å². The Morgan fingerprint density at radius 3 is 2.79 bits per heavy atom. The predicted octanol–water partition coefficient (Wildman–Crippen LogP) is 2.93. The van der Waals surface area contributed by atoms with Crippen molar-refractivity contribution in [3.05, 3.63) is 71.3 Å². The van der Waals surface area contributed by atoms with Gasteiger partial charge in [-0.05, 0) is 23.8 Å². The van der Waals surface area contributed by atoms with Gasteiger partial charge in [0.05, 0.1) is 5.69 Å². The van der Waals surface area contributed by atoms with Crippen molar-refractivity contribution in [2.24, 2.45) is 0 Å². The number of carbonyl (C=O) groups is 1. The van der Waals surface area contributed by atoms with Gasteiger partial charge < -0.3 is 10.3 Å². The van der Waals surface area contributed by atoms with Gasteiger partial charge in [-0.1, -0.05) is 36.4 Å². The monoisotopic (exact) mass is 316 g/mol. The molecule has 3 heterocycles. The third-order valence-electron chi connectivity index (χ3n) is 3.96. The number of rotatable bonds is 3. The number of nitrogens with one attached hydrogen (secondary N) is 2. The molecule has 0 saturated carbocycles. The fourth-order valence-corrected chi connectivity index (χ4v) is 2.73. The number of aromatic nitrogens is 3. The number of aromatic amines is 1. The lowest BCUT2D eigenvalue weighted by molar-refractivity contribution is 0.0941. The van der Waals surface area contributed by atoms with Crippen molar-refractivity contribution in [1.29, 1.82) is 0 Å². The molecule has 3 aromatic rings. The molecule has 2 aromatic heterocycles. The predicted molar refractivity (Wildman–Crippen MR) is 93.2 cm³/mol. The highest BCUT2D eigenvalue weighted by Crippen LogP contribution is 2.21. The van der Waals surface area contributed by atoms with E-state index in [2.05, 4.69) is 20.3 Å². The van der Waals surface area contributed by atoms with Crippen LogP contribution < -0.4 is 5.32 Å². The lowest BCUT2D eigenvalue weighted by Gasteiger charge is -2.09. The first-order valence-corrected chi connectivity index (χ1v) is 7.86. The van der Waals surface area contributed by atoms with E-state index in [0.717, 1.165) is 28.9 Å². The van der Waals surface area contributed by atoms with E-state index in [1.807, 2.05) is 54.6 Å². The van der Waals surface area contributed by atoms with E-state index in [9.17, 15) is 4.79 Å². The van der Waals surface area contributed by atoms with Gasteiger partial charge in [-0.3, -0.25) is 9.78 Å². The molecule has 0 atom stereocenters. The Bertz CT molecular complexity index is 912. The summed E-state index contributed by atoms with van der Waals surface area (Å²) in [5.41, 5.74) is 4.27.